The quantitative estimate of drug-likeness (QED) is 0.641. The monoisotopic (exact) mass is 194 g/mol. The molecular formula is C11H18N2O. The highest BCUT2D eigenvalue weighted by Gasteiger charge is 2.24. The number of carbonyl (C=O) groups excluding carboxylic acids is 1. The van der Waals surface area contributed by atoms with Crippen molar-refractivity contribution in [2.45, 2.75) is 20.8 Å². The first-order valence-electron chi connectivity index (χ1n) is 4.69. The van der Waals surface area contributed by atoms with Crippen molar-refractivity contribution in [3.63, 3.8) is 0 Å². The van der Waals surface area contributed by atoms with E-state index in [-0.39, 0.29) is 11.8 Å². The summed E-state index contributed by atoms with van der Waals surface area (Å²) < 4.78 is 0. The molecule has 0 heterocycles. The number of likely N-dealkylation sites (N-methyl/N-ethyl adjacent to an activating group) is 1. The minimum atomic E-state index is -0.542. The van der Waals surface area contributed by atoms with Gasteiger partial charge in [-0.2, -0.15) is 5.26 Å². The molecule has 0 saturated heterocycles. The zero-order valence-electron chi connectivity index (χ0n) is 9.37. The normalized spacial score (nSPS) is 12.0. The van der Waals surface area contributed by atoms with Gasteiger partial charge in [0.15, 0.2) is 0 Å². The van der Waals surface area contributed by atoms with Crippen molar-refractivity contribution < 1.29 is 4.79 Å². The third-order valence-electron chi connectivity index (χ3n) is 1.96. The molecule has 3 heteroatoms. The first-order valence-corrected chi connectivity index (χ1v) is 4.69. The molecule has 0 aromatic carbocycles. The van der Waals surface area contributed by atoms with Gasteiger partial charge in [0, 0.05) is 13.6 Å². The number of carbonyl (C=O) groups is 1. The molecule has 3 nitrogen and oxygen atoms in total. The maximum absolute atomic E-state index is 11.7. The molecule has 1 atom stereocenters. The summed E-state index contributed by atoms with van der Waals surface area (Å²) in [5.41, 5.74) is 0.918. The first-order chi connectivity index (χ1) is 6.40. The molecule has 0 fully saturated rings. The Morgan fingerprint density at radius 1 is 1.57 bits per heavy atom. The van der Waals surface area contributed by atoms with Crippen LogP contribution >= 0.6 is 0 Å². The van der Waals surface area contributed by atoms with Gasteiger partial charge in [0.25, 0.3) is 0 Å². The van der Waals surface area contributed by atoms with Crippen molar-refractivity contribution in [2.75, 3.05) is 13.6 Å². The highest BCUT2D eigenvalue weighted by Crippen LogP contribution is 2.12. The summed E-state index contributed by atoms with van der Waals surface area (Å²) in [7, 11) is 1.70. The molecule has 0 saturated carbocycles. The predicted octanol–water partition coefficient (Wildman–Crippen LogP) is 1.82. The average molecular weight is 194 g/mol. The molecule has 14 heavy (non-hydrogen) atoms. The fraction of sp³-hybridized carbons (Fsp3) is 0.636. The average Bonchev–Trinajstić information content (AvgIpc) is 2.03. The van der Waals surface area contributed by atoms with Crippen LogP contribution in [0.15, 0.2) is 12.2 Å². The van der Waals surface area contributed by atoms with Gasteiger partial charge < -0.3 is 4.90 Å². The lowest BCUT2D eigenvalue weighted by Gasteiger charge is -2.21. The fourth-order valence-electron chi connectivity index (χ4n) is 1.21. The molecule has 0 bridgehead atoms. The number of nitrogens with zero attached hydrogens (tertiary/aromatic N) is 2. The van der Waals surface area contributed by atoms with Crippen LogP contribution in [0.4, 0.5) is 0 Å². The van der Waals surface area contributed by atoms with Gasteiger partial charge in [-0.3, -0.25) is 4.79 Å². The van der Waals surface area contributed by atoms with Crippen LogP contribution < -0.4 is 0 Å². The Labute approximate surface area is 86.0 Å². The highest BCUT2D eigenvalue weighted by atomic mass is 16.2. The van der Waals surface area contributed by atoms with Gasteiger partial charge in [-0.05, 0) is 12.8 Å². The Morgan fingerprint density at radius 3 is 2.36 bits per heavy atom. The number of nitriles is 1. The van der Waals surface area contributed by atoms with Gasteiger partial charge >= 0.3 is 0 Å². The van der Waals surface area contributed by atoms with Gasteiger partial charge in [0.2, 0.25) is 5.91 Å². The van der Waals surface area contributed by atoms with Gasteiger partial charge in [-0.15, -0.1) is 0 Å². The lowest BCUT2D eigenvalue weighted by atomic mass is 9.96. The largest absolute Gasteiger partial charge is 0.341 e. The predicted molar refractivity (Wildman–Crippen MR) is 56.4 cm³/mol. The topological polar surface area (TPSA) is 44.1 Å². The second-order valence-corrected chi connectivity index (χ2v) is 4.00. The van der Waals surface area contributed by atoms with Gasteiger partial charge in [-0.1, -0.05) is 26.0 Å². The zero-order chi connectivity index (χ0) is 11.3. The molecule has 1 amide bonds. The standard InChI is InChI=1S/C11H18N2O/c1-8(2)7-13(5)11(14)10(6-12)9(3)4/h9-10H,1,7H2,2-5H3. The van der Waals surface area contributed by atoms with E-state index in [9.17, 15) is 4.79 Å². The van der Waals surface area contributed by atoms with Crippen molar-refractivity contribution in [2.24, 2.45) is 11.8 Å². The van der Waals surface area contributed by atoms with E-state index in [2.05, 4.69) is 6.58 Å². The van der Waals surface area contributed by atoms with Crippen molar-refractivity contribution in [3.05, 3.63) is 12.2 Å². The summed E-state index contributed by atoms with van der Waals surface area (Å²) in [6, 6.07) is 2.03. The SMILES string of the molecule is C=C(C)CN(C)C(=O)C(C#N)C(C)C. The van der Waals surface area contributed by atoms with Crippen LogP contribution in [0.5, 0.6) is 0 Å². The molecular weight excluding hydrogens is 176 g/mol. The Morgan fingerprint density at radius 2 is 2.07 bits per heavy atom. The van der Waals surface area contributed by atoms with Crippen LogP contribution in [0.1, 0.15) is 20.8 Å². The third-order valence-corrected chi connectivity index (χ3v) is 1.96. The number of amides is 1. The minimum Gasteiger partial charge on any atom is -0.341 e. The van der Waals surface area contributed by atoms with Gasteiger partial charge in [0.1, 0.15) is 5.92 Å². The van der Waals surface area contributed by atoms with Crippen LogP contribution in [0.3, 0.4) is 0 Å². The zero-order valence-corrected chi connectivity index (χ0v) is 9.37. The van der Waals surface area contributed by atoms with Gasteiger partial charge in [0.05, 0.1) is 6.07 Å². The number of hydrogen-bond acceptors (Lipinski definition) is 2. The summed E-state index contributed by atoms with van der Waals surface area (Å²) in [6.07, 6.45) is 0. The molecule has 0 aliphatic rings. The summed E-state index contributed by atoms with van der Waals surface area (Å²) in [5, 5.41) is 8.83. The van der Waals surface area contributed by atoms with Crippen LogP contribution in [0.25, 0.3) is 0 Å². The van der Waals surface area contributed by atoms with Crippen molar-refractivity contribution in [1.82, 2.24) is 4.90 Å². The lowest BCUT2D eigenvalue weighted by molar-refractivity contribution is -0.133. The fourth-order valence-corrected chi connectivity index (χ4v) is 1.21. The second-order valence-electron chi connectivity index (χ2n) is 4.00. The van der Waals surface area contributed by atoms with Crippen molar-refractivity contribution in [1.29, 1.82) is 5.26 Å². The Bertz CT molecular complexity index is 263. The maximum atomic E-state index is 11.7. The molecule has 0 aliphatic heterocycles. The number of rotatable bonds is 4. The van der Waals surface area contributed by atoms with E-state index in [0.29, 0.717) is 6.54 Å². The molecule has 0 aromatic heterocycles. The van der Waals surface area contributed by atoms with E-state index < -0.39 is 5.92 Å². The second kappa shape index (κ2) is 5.43. The van der Waals surface area contributed by atoms with Crippen LogP contribution in [-0.2, 0) is 4.79 Å². The summed E-state index contributed by atoms with van der Waals surface area (Å²) in [6.45, 7) is 9.86. The van der Waals surface area contributed by atoms with Gasteiger partial charge in [-0.25, -0.2) is 0 Å². The summed E-state index contributed by atoms with van der Waals surface area (Å²) in [4.78, 5) is 13.3. The van der Waals surface area contributed by atoms with Crippen molar-refractivity contribution >= 4 is 5.91 Å². The summed E-state index contributed by atoms with van der Waals surface area (Å²) in [5.74, 6) is -0.607. The molecule has 0 radical (unpaired) electrons. The smallest absolute Gasteiger partial charge is 0.240 e. The number of hydrogen-bond donors (Lipinski definition) is 0. The minimum absolute atomic E-state index is 0.0556. The third kappa shape index (κ3) is 3.61. The van der Waals surface area contributed by atoms with E-state index in [1.165, 1.54) is 0 Å². The van der Waals surface area contributed by atoms with E-state index in [1.54, 1.807) is 11.9 Å². The summed E-state index contributed by atoms with van der Waals surface area (Å²) >= 11 is 0. The van der Waals surface area contributed by atoms with E-state index in [1.807, 2.05) is 26.8 Å². The van der Waals surface area contributed by atoms with Crippen LogP contribution in [-0.4, -0.2) is 24.4 Å². The maximum Gasteiger partial charge on any atom is 0.240 e. The molecule has 0 rings (SSSR count). The highest BCUT2D eigenvalue weighted by molar-refractivity contribution is 5.81. The molecule has 0 spiro atoms. The van der Waals surface area contributed by atoms with E-state index in [4.69, 9.17) is 5.26 Å². The van der Waals surface area contributed by atoms with Crippen molar-refractivity contribution in [3.8, 4) is 6.07 Å². The molecule has 78 valence electrons. The first kappa shape index (κ1) is 12.7. The van der Waals surface area contributed by atoms with Crippen LogP contribution in [0, 0.1) is 23.2 Å². The Hall–Kier alpha value is -1.30. The Kier molecular flexibility index (Phi) is 4.93. The molecule has 0 aromatic rings. The molecule has 0 N–H and O–H groups in total. The molecule has 1 unspecified atom stereocenters. The Balaban J connectivity index is 4.45. The van der Waals surface area contributed by atoms with E-state index >= 15 is 0 Å². The molecule has 0 aliphatic carbocycles. The van der Waals surface area contributed by atoms with E-state index in [0.717, 1.165) is 5.57 Å². The van der Waals surface area contributed by atoms with Crippen LogP contribution in [0.2, 0.25) is 0 Å². The lowest BCUT2D eigenvalue weighted by Crippen LogP contribution is -2.35.